The third-order valence-electron chi connectivity index (χ3n) is 3.07. The minimum Gasteiger partial charge on any atom is -0.286 e. The fraction of sp³-hybridized carbons (Fsp3) is 0.250. The van der Waals surface area contributed by atoms with Gasteiger partial charge in [-0.1, -0.05) is 0 Å². The first kappa shape index (κ1) is 11.6. The smallest absolute Gasteiger partial charge is 0.286 e. The second-order valence-electron chi connectivity index (χ2n) is 4.20. The van der Waals surface area contributed by atoms with Crippen molar-refractivity contribution in [3.8, 4) is 0 Å². The van der Waals surface area contributed by atoms with E-state index in [1.54, 1.807) is 6.92 Å². The second kappa shape index (κ2) is 4.04. The molecular weight excluding hydrogens is 251 g/mol. The normalized spacial score (nSPS) is 14.0. The molecule has 0 aliphatic carbocycles. The Kier molecular flexibility index (Phi) is 2.48. The van der Waals surface area contributed by atoms with Gasteiger partial charge in [0.2, 0.25) is 0 Å². The van der Waals surface area contributed by atoms with Crippen molar-refractivity contribution in [1.82, 2.24) is 14.3 Å². The standard InChI is InChI=1S/C12H11FN4O2/c1-2-16-12(19)17-10(14-16)7-15(11(17)18)9-5-3-8(13)4-6-9/h3-6H,2,7H2,1H3. The summed E-state index contributed by atoms with van der Waals surface area (Å²) in [5, 5.41) is 4.08. The Morgan fingerprint density at radius 2 is 1.95 bits per heavy atom. The number of carbonyl (C=O) groups is 1. The van der Waals surface area contributed by atoms with Crippen molar-refractivity contribution in [2.45, 2.75) is 20.0 Å². The number of halogens is 1. The molecule has 0 radical (unpaired) electrons. The van der Waals surface area contributed by atoms with Gasteiger partial charge in [-0.25, -0.2) is 18.7 Å². The summed E-state index contributed by atoms with van der Waals surface area (Å²) in [6.45, 7) is 2.42. The van der Waals surface area contributed by atoms with Gasteiger partial charge in [0, 0.05) is 12.2 Å². The van der Waals surface area contributed by atoms with E-state index in [-0.39, 0.29) is 12.4 Å². The summed E-state index contributed by atoms with van der Waals surface area (Å²) in [6.07, 6.45) is 0. The fourth-order valence-corrected chi connectivity index (χ4v) is 2.11. The van der Waals surface area contributed by atoms with Gasteiger partial charge in [-0.2, -0.15) is 9.67 Å². The summed E-state index contributed by atoms with van der Waals surface area (Å²) in [6, 6.07) is 5.09. The third-order valence-corrected chi connectivity index (χ3v) is 3.07. The topological polar surface area (TPSA) is 60.1 Å². The number of benzene rings is 1. The molecule has 0 fully saturated rings. The number of hydrogen-bond donors (Lipinski definition) is 0. The van der Waals surface area contributed by atoms with E-state index in [0.29, 0.717) is 18.1 Å². The zero-order valence-electron chi connectivity index (χ0n) is 10.2. The number of carbonyl (C=O) groups excluding carboxylic acids is 1. The lowest BCUT2D eigenvalue weighted by atomic mass is 10.3. The lowest BCUT2D eigenvalue weighted by molar-refractivity contribution is 0.250. The summed E-state index contributed by atoms with van der Waals surface area (Å²) >= 11 is 0. The number of amides is 1. The van der Waals surface area contributed by atoms with Crippen molar-refractivity contribution in [1.29, 1.82) is 0 Å². The molecule has 1 aliphatic heterocycles. The van der Waals surface area contributed by atoms with Gasteiger partial charge in [-0.05, 0) is 31.2 Å². The Bertz CT molecular complexity index is 702. The van der Waals surface area contributed by atoms with Crippen LogP contribution in [0, 0.1) is 5.82 Å². The summed E-state index contributed by atoms with van der Waals surface area (Å²) in [4.78, 5) is 25.5. The highest BCUT2D eigenvalue weighted by Gasteiger charge is 2.33. The van der Waals surface area contributed by atoms with Crippen LogP contribution < -0.4 is 10.6 Å². The van der Waals surface area contributed by atoms with Gasteiger partial charge in [-0.3, -0.25) is 4.90 Å². The van der Waals surface area contributed by atoms with E-state index in [1.807, 2.05) is 0 Å². The number of aryl methyl sites for hydroxylation is 1. The third kappa shape index (κ3) is 1.66. The Morgan fingerprint density at radius 1 is 1.26 bits per heavy atom. The Morgan fingerprint density at radius 3 is 2.53 bits per heavy atom. The quantitative estimate of drug-likeness (QED) is 0.816. The summed E-state index contributed by atoms with van der Waals surface area (Å²) in [5.74, 6) is 0.0302. The molecule has 0 bridgehead atoms. The lowest BCUT2D eigenvalue weighted by Gasteiger charge is -2.14. The molecule has 0 spiro atoms. The van der Waals surface area contributed by atoms with E-state index in [4.69, 9.17) is 0 Å². The van der Waals surface area contributed by atoms with Crippen LogP contribution in [0.5, 0.6) is 0 Å². The maximum Gasteiger partial charge on any atom is 0.354 e. The van der Waals surface area contributed by atoms with Crippen LogP contribution in [0.15, 0.2) is 29.1 Å². The monoisotopic (exact) mass is 262 g/mol. The molecule has 19 heavy (non-hydrogen) atoms. The highest BCUT2D eigenvalue weighted by atomic mass is 19.1. The van der Waals surface area contributed by atoms with Crippen LogP contribution in [0.2, 0.25) is 0 Å². The van der Waals surface area contributed by atoms with E-state index in [1.165, 1.54) is 33.8 Å². The van der Waals surface area contributed by atoms with Crippen LogP contribution in [0.3, 0.4) is 0 Å². The summed E-state index contributed by atoms with van der Waals surface area (Å²) in [5.41, 5.74) is 0.103. The van der Waals surface area contributed by atoms with Crippen LogP contribution in [0.25, 0.3) is 0 Å². The number of nitrogens with zero attached hydrogens (tertiary/aromatic N) is 4. The summed E-state index contributed by atoms with van der Waals surface area (Å²) in [7, 11) is 0. The highest BCUT2D eigenvalue weighted by molar-refractivity contribution is 5.95. The van der Waals surface area contributed by atoms with Crippen LogP contribution in [-0.2, 0) is 13.1 Å². The van der Waals surface area contributed by atoms with E-state index in [0.717, 1.165) is 4.57 Å². The van der Waals surface area contributed by atoms with E-state index < -0.39 is 11.7 Å². The molecule has 2 heterocycles. The van der Waals surface area contributed by atoms with E-state index in [9.17, 15) is 14.0 Å². The number of aromatic nitrogens is 3. The fourth-order valence-electron chi connectivity index (χ4n) is 2.11. The lowest BCUT2D eigenvalue weighted by Crippen LogP contribution is -2.34. The number of hydrogen-bond acceptors (Lipinski definition) is 3. The molecule has 1 amide bonds. The van der Waals surface area contributed by atoms with Crippen molar-refractivity contribution in [2.75, 3.05) is 4.90 Å². The molecule has 6 nitrogen and oxygen atoms in total. The highest BCUT2D eigenvalue weighted by Crippen LogP contribution is 2.22. The van der Waals surface area contributed by atoms with Crippen LogP contribution in [0.4, 0.5) is 14.9 Å². The van der Waals surface area contributed by atoms with Crippen LogP contribution >= 0.6 is 0 Å². The predicted molar refractivity (Wildman–Crippen MR) is 65.5 cm³/mol. The van der Waals surface area contributed by atoms with Crippen molar-refractivity contribution in [2.24, 2.45) is 0 Å². The molecule has 0 saturated heterocycles. The zero-order valence-corrected chi connectivity index (χ0v) is 10.2. The minimum absolute atomic E-state index is 0.215. The second-order valence-corrected chi connectivity index (χ2v) is 4.20. The number of rotatable bonds is 2. The van der Waals surface area contributed by atoms with Gasteiger partial charge in [0.15, 0.2) is 5.82 Å². The molecule has 1 aromatic heterocycles. The Balaban J connectivity index is 2.00. The average molecular weight is 262 g/mol. The molecule has 3 rings (SSSR count). The molecule has 1 aliphatic rings. The number of anilines is 1. The van der Waals surface area contributed by atoms with Gasteiger partial charge < -0.3 is 0 Å². The van der Waals surface area contributed by atoms with Crippen molar-refractivity contribution < 1.29 is 9.18 Å². The van der Waals surface area contributed by atoms with Crippen molar-refractivity contribution in [3.63, 3.8) is 0 Å². The van der Waals surface area contributed by atoms with Crippen molar-refractivity contribution in [3.05, 3.63) is 46.4 Å². The van der Waals surface area contributed by atoms with E-state index >= 15 is 0 Å². The summed E-state index contributed by atoms with van der Waals surface area (Å²) < 4.78 is 15.2. The predicted octanol–water partition coefficient (Wildman–Crippen LogP) is 1.19. The molecule has 0 saturated carbocycles. The van der Waals surface area contributed by atoms with Gasteiger partial charge in [-0.15, -0.1) is 0 Å². The first-order valence-electron chi connectivity index (χ1n) is 5.88. The van der Waals surface area contributed by atoms with Crippen molar-refractivity contribution >= 4 is 11.7 Å². The largest absolute Gasteiger partial charge is 0.354 e. The van der Waals surface area contributed by atoms with Gasteiger partial charge in [0.05, 0.1) is 6.54 Å². The zero-order chi connectivity index (χ0) is 13.6. The minimum atomic E-state index is -0.452. The van der Waals surface area contributed by atoms with Gasteiger partial charge in [0.1, 0.15) is 5.82 Å². The molecule has 0 N–H and O–H groups in total. The van der Waals surface area contributed by atoms with Gasteiger partial charge in [0.25, 0.3) is 0 Å². The Hall–Kier alpha value is -2.44. The van der Waals surface area contributed by atoms with Crippen LogP contribution in [0.1, 0.15) is 12.7 Å². The van der Waals surface area contributed by atoms with Crippen LogP contribution in [-0.4, -0.2) is 20.4 Å². The molecule has 2 aromatic rings. The molecule has 7 heteroatoms. The van der Waals surface area contributed by atoms with Gasteiger partial charge >= 0.3 is 11.7 Å². The molecule has 98 valence electrons. The SMILES string of the molecule is CCn1nc2n(c1=O)C(=O)N(c1ccc(F)cc1)C2. The first-order chi connectivity index (χ1) is 9.11. The molecular formula is C12H11FN4O2. The maximum absolute atomic E-state index is 12.9. The Labute approximate surface area is 107 Å². The average Bonchev–Trinajstić information content (AvgIpc) is 2.89. The van der Waals surface area contributed by atoms with E-state index in [2.05, 4.69) is 5.10 Å². The molecule has 0 atom stereocenters. The molecule has 0 unspecified atom stereocenters. The maximum atomic E-state index is 12.9. The molecule has 1 aromatic carbocycles. The number of fused-ring (bicyclic) bond motifs is 1. The first-order valence-corrected chi connectivity index (χ1v) is 5.88.